The summed E-state index contributed by atoms with van der Waals surface area (Å²) < 4.78 is 4.49. The largest absolute Gasteiger partial charge is 0.466 e. The normalized spacial score (nSPS) is 12.9. The molecule has 0 heterocycles. The summed E-state index contributed by atoms with van der Waals surface area (Å²) >= 11 is 0. The van der Waals surface area contributed by atoms with Crippen LogP contribution in [0.1, 0.15) is 58.3 Å². The van der Waals surface area contributed by atoms with Gasteiger partial charge < -0.3 is 4.74 Å². The Labute approximate surface area is 154 Å². The molecule has 0 amide bonds. The standard InChI is InChI=1S/C23H34O2/c1-3-4-5-6-7-8-9-10-11-12-13-14-15-16-17-18-19-20-21-22-23(24)25-2/h5-6,13-22H,3-4,7-12H2,1-2H3. The highest BCUT2D eigenvalue weighted by molar-refractivity contribution is 5.82. The minimum Gasteiger partial charge on any atom is -0.466 e. The van der Waals surface area contributed by atoms with Gasteiger partial charge in [0.1, 0.15) is 0 Å². The molecule has 0 spiro atoms. The van der Waals surface area contributed by atoms with Gasteiger partial charge in [-0.2, -0.15) is 0 Å². The molecule has 25 heavy (non-hydrogen) atoms. The Morgan fingerprint density at radius 3 is 1.80 bits per heavy atom. The van der Waals surface area contributed by atoms with Crippen LogP contribution in [0.4, 0.5) is 0 Å². The van der Waals surface area contributed by atoms with E-state index in [0.29, 0.717) is 0 Å². The van der Waals surface area contributed by atoms with Crippen LogP contribution in [0.15, 0.2) is 72.9 Å². The van der Waals surface area contributed by atoms with Crippen molar-refractivity contribution in [3.63, 3.8) is 0 Å². The molecule has 0 aliphatic carbocycles. The molecule has 0 atom stereocenters. The lowest BCUT2D eigenvalue weighted by Gasteiger charge is -1.96. The Morgan fingerprint density at radius 1 is 0.680 bits per heavy atom. The van der Waals surface area contributed by atoms with Crippen LogP contribution >= 0.6 is 0 Å². The van der Waals surface area contributed by atoms with Crippen LogP contribution < -0.4 is 0 Å². The molecule has 0 aliphatic rings. The van der Waals surface area contributed by atoms with E-state index < -0.39 is 0 Å². The second kappa shape index (κ2) is 20.0. The van der Waals surface area contributed by atoms with Crippen molar-refractivity contribution in [2.75, 3.05) is 7.11 Å². The van der Waals surface area contributed by atoms with Crippen LogP contribution in [0.3, 0.4) is 0 Å². The van der Waals surface area contributed by atoms with Gasteiger partial charge in [0.15, 0.2) is 0 Å². The number of hydrogen-bond acceptors (Lipinski definition) is 2. The van der Waals surface area contributed by atoms with Gasteiger partial charge in [-0.05, 0) is 32.1 Å². The maximum atomic E-state index is 10.8. The molecular formula is C23H34O2. The summed E-state index contributed by atoms with van der Waals surface area (Å²) in [7, 11) is 1.36. The van der Waals surface area contributed by atoms with Crippen LogP contribution in [0.25, 0.3) is 0 Å². The molecule has 0 rings (SSSR count). The van der Waals surface area contributed by atoms with Crippen molar-refractivity contribution < 1.29 is 9.53 Å². The first-order chi connectivity index (χ1) is 12.3. The lowest BCUT2D eigenvalue weighted by atomic mass is 10.1. The fourth-order valence-corrected chi connectivity index (χ4v) is 2.04. The maximum Gasteiger partial charge on any atom is 0.330 e. The summed E-state index contributed by atoms with van der Waals surface area (Å²) in [6, 6.07) is 0. The van der Waals surface area contributed by atoms with Crippen LogP contribution in [0.5, 0.6) is 0 Å². The number of allylic oxidation sites excluding steroid dienone is 11. The summed E-state index contributed by atoms with van der Waals surface area (Å²) in [6.07, 6.45) is 33.6. The van der Waals surface area contributed by atoms with Crippen molar-refractivity contribution in [3.05, 3.63) is 72.9 Å². The first-order valence-corrected chi connectivity index (χ1v) is 9.37. The fraction of sp³-hybridized carbons (Fsp3) is 0.435. The predicted molar refractivity (Wildman–Crippen MR) is 109 cm³/mol. The Kier molecular flexibility index (Phi) is 18.3. The van der Waals surface area contributed by atoms with Gasteiger partial charge in [-0.3, -0.25) is 0 Å². The summed E-state index contributed by atoms with van der Waals surface area (Å²) in [6.45, 7) is 2.22. The molecule has 0 aliphatic heterocycles. The van der Waals surface area contributed by atoms with Gasteiger partial charge in [-0.15, -0.1) is 0 Å². The highest BCUT2D eigenvalue weighted by Crippen LogP contribution is 2.06. The topological polar surface area (TPSA) is 26.3 Å². The number of unbranched alkanes of at least 4 members (excludes halogenated alkanes) is 6. The van der Waals surface area contributed by atoms with Gasteiger partial charge in [0.05, 0.1) is 7.11 Å². The monoisotopic (exact) mass is 342 g/mol. The molecule has 0 radical (unpaired) electrons. The molecule has 0 bridgehead atoms. The van der Waals surface area contributed by atoms with E-state index in [1.807, 2.05) is 30.4 Å². The molecule has 2 heteroatoms. The molecule has 0 aromatic rings. The van der Waals surface area contributed by atoms with E-state index in [-0.39, 0.29) is 5.97 Å². The number of carbonyl (C=O) groups is 1. The van der Waals surface area contributed by atoms with Gasteiger partial charge in [0, 0.05) is 6.08 Å². The third-order valence-electron chi connectivity index (χ3n) is 3.46. The fourth-order valence-electron chi connectivity index (χ4n) is 2.04. The number of methoxy groups -OCH3 is 1. The molecule has 0 aromatic carbocycles. The van der Waals surface area contributed by atoms with E-state index in [4.69, 9.17) is 0 Å². The van der Waals surface area contributed by atoms with E-state index >= 15 is 0 Å². The predicted octanol–water partition coefficient (Wildman–Crippen LogP) is 6.64. The SMILES string of the molecule is CCCC=CCCCCCCC=CC=CC=CC=CC=CC(=O)OC. The van der Waals surface area contributed by atoms with Gasteiger partial charge in [0.2, 0.25) is 0 Å². The van der Waals surface area contributed by atoms with E-state index in [0.717, 1.165) is 6.42 Å². The lowest BCUT2D eigenvalue weighted by Crippen LogP contribution is -1.92. The first kappa shape index (κ1) is 22.9. The third kappa shape index (κ3) is 19.9. The van der Waals surface area contributed by atoms with Crippen LogP contribution in [0.2, 0.25) is 0 Å². The van der Waals surface area contributed by atoms with Crippen LogP contribution in [-0.4, -0.2) is 13.1 Å². The second-order valence-electron chi connectivity index (χ2n) is 5.72. The van der Waals surface area contributed by atoms with Crippen molar-refractivity contribution in [1.29, 1.82) is 0 Å². The Bertz CT molecular complexity index is 476. The summed E-state index contributed by atoms with van der Waals surface area (Å²) in [5.41, 5.74) is 0. The van der Waals surface area contributed by atoms with Gasteiger partial charge in [-0.25, -0.2) is 4.79 Å². The number of rotatable bonds is 14. The number of ether oxygens (including phenoxy) is 1. The first-order valence-electron chi connectivity index (χ1n) is 9.37. The van der Waals surface area contributed by atoms with E-state index in [9.17, 15) is 4.79 Å². The van der Waals surface area contributed by atoms with Crippen molar-refractivity contribution in [3.8, 4) is 0 Å². The zero-order valence-corrected chi connectivity index (χ0v) is 15.9. The lowest BCUT2D eigenvalue weighted by molar-refractivity contribution is -0.134. The Balaban J connectivity index is 3.54. The average molecular weight is 343 g/mol. The van der Waals surface area contributed by atoms with E-state index in [1.54, 1.807) is 12.2 Å². The third-order valence-corrected chi connectivity index (χ3v) is 3.46. The molecule has 0 N–H and O–H groups in total. The number of esters is 1. The molecule has 0 unspecified atom stereocenters. The molecule has 0 aromatic heterocycles. The zero-order chi connectivity index (χ0) is 18.4. The summed E-state index contributed by atoms with van der Waals surface area (Å²) in [5, 5.41) is 0. The molecule has 0 fully saturated rings. The Morgan fingerprint density at radius 2 is 1.20 bits per heavy atom. The van der Waals surface area contributed by atoms with Gasteiger partial charge in [0.25, 0.3) is 0 Å². The molecule has 0 saturated carbocycles. The van der Waals surface area contributed by atoms with Crippen molar-refractivity contribution in [2.45, 2.75) is 58.3 Å². The Hall–Kier alpha value is -2.09. The van der Waals surface area contributed by atoms with Crippen molar-refractivity contribution in [2.24, 2.45) is 0 Å². The van der Waals surface area contributed by atoms with Gasteiger partial charge >= 0.3 is 5.97 Å². The van der Waals surface area contributed by atoms with Gasteiger partial charge in [-0.1, -0.05) is 93.0 Å². The molecule has 2 nitrogen and oxygen atoms in total. The van der Waals surface area contributed by atoms with Crippen molar-refractivity contribution in [1.82, 2.24) is 0 Å². The van der Waals surface area contributed by atoms with Crippen LogP contribution in [-0.2, 0) is 9.53 Å². The summed E-state index contributed by atoms with van der Waals surface area (Å²) in [4.78, 5) is 10.8. The minimum atomic E-state index is -0.345. The highest BCUT2D eigenvalue weighted by Gasteiger charge is 1.87. The van der Waals surface area contributed by atoms with E-state index in [2.05, 4.69) is 36.0 Å². The molecular weight excluding hydrogens is 308 g/mol. The maximum absolute atomic E-state index is 10.8. The average Bonchev–Trinajstić information content (AvgIpc) is 2.63. The quantitative estimate of drug-likeness (QED) is 0.116. The molecule has 0 saturated heterocycles. The number of hydrogen-bond donors (Lipinski definition) is 0. The summed E-state index contributed by atoms with van der Waals surface area (Å²) in [5.74, 6) is -0.345. The van der Waals surface area contributed by atoms with E-state index in [1.165, 1.54) is 58.1 Å². The van der Waals surface area contributed by atoms with Crippen LogP contribution in [0, 0.1) is 0 Å². The molecule has 138 valence electrons. The zero-order valence-electron chi connectivity index (χ0n) is 15.9. The smallest absolute Gasteiger partial charge is 0.330 e. The number of carbonyl (C=O) groups excluding carboxylic acids is 1. The second-order valence-corrected chi connectivity index (χ2v) is 5.72. The minimum absolute atomic E-state index is 0.345. The van der Waals surface area contributed by atoms with Crippen molar-refractivity contribution >= 4 is 5.97 Å². The highest BCUT2D eigenvalue weighted by atomic mass is 16.5.